The monoisotopic (exact) mass is 189 g/mol. The van der Waals surface area contributed by atoms with Crippen LogP contribution in [0.2, 0.25) is 0 Å². The molecule has 76 valence electrons. The van der Waals surface area contributed by atoms with Crippen LogP contribution in [-0.2, 0) is 19.3 Å². The molecule has 0 amide bonds. The molecule has 0 saturated heterocycles. The van der Waals surface area contributed by atoms with Crippen LogP contribution in [0.15, 0.2) is 12.4 Å². The molecular weight excluding hydrogens is 170 g/mol. The minimum atomic E-state index is 1.24. The molecule has 1 heterocycles. The average Bonchev–Trinajstić information content (AvgIpc) is 2.67. The van der Waals surface area contributed by atoms with E-state index in [0.717, 1.165) is 0 Å². The van der Waals surface area contributed by atoms with Crippen molar-refractivity contribution in [3.63, 3.8) is 0 Å². The van der Waals surface area contributed by atoms with E-state index in [1.54, 1.807) is 5.56 Å². The fourth-order valence-corrected chi connectivity index (χ4v) is 2.35. The van der Waals surface area contributed by atoms with Gasteiger partial charge in [0.25, 0.3) is 0 Å². The molecule has 1 aliphatic carbocycles. The molecule has 0 aromatic carbocycles. The number of nitrogens with zero attached hydrogens (tertiary/aromatic N) is 1. The van der Waals surface area contributed by atoms with E-state index < -0.39 is 0 Å². The topological polar surface area (TPSA) is 12.9 Å². The zero-order chi connectivity index (χ0) is 9.80. The summed E-state index contributed by atoms with van der Waals surface area (Å²) < 4.78 is 0. The molecule has 0 unspecified atom stereocenters. The number of fused-ring (bicyclic) bond motifs is 1. The van der Waals surface area contributed by atoms with E-state index in [4.69, 9.17) is 0 Å². The van der Waals surface area contributed by atoms with E-state index in [2.05, 4.69) is 24.3 Å². The normalized spacial score (nSPS) is 14.4. The summed E-state index contributed by atoms with van der Waals surface area (Å²) in [7, 11) is 0. The van der Waals surface area contributed by atoms with E-state index in [0.29, 0.717) is 0 Å². The Balaban J connectivity index is 2.06. The molecule has 0 saturated carbocycles. The van der Waals surface area contributed by atoms with E-state index in [1.807, 2.05) is 0 Å². The molecule has 1 heteroatoms. The lowest BCUT2D eigenvalue weighted by atomic mass is 10.0. The van der Waals surface area contributed by atoms with Crippen LogP contribution in [0.4, 0.5) is 0 Å². The molecule has 14 heavy (non-hydrogen) atoms. The van der Waals surface area contributed by atoms with Gasteiger partial charge in [0, 0.05) is 12.4 Å². The van der Waals surface area contributed by atoms with Gasteiger partial charge in [-0.2, -0.15) is 0 Å². The Hall–Kier alpha value is -0.850. The predicted molar refractivity (Wildman–Crippen MR) is 59.5 cm³/mol. The van der Waals surface area contributed by atoms with Crippen molar-refractivity contribution in [2.45, 2.75) is 51.9 Å². The molecule has 0 aliphatic heterocycles. The van der Waals surface area contributed by atoms with Gasteiger partial charge in [-0.15, -0.1) is 0 Å². The van der Waals surface area contributed by atoms with Gasteiger partial charge in [-0.05, 0) is 48.8 Å². The molecule has 1 nitrogen and oxygen atoms in total. The van der Waals surface area contributed by atoms with Crippen LogP contribution in [0.3, 0.4) is 0 Å². The fourth-order valence-electron chi connectivity index (χ4n) is 2.35. The second-order valence-corrected chi connectivity index (χ2v) is 4.25. The summed E-state index contributed by atoms with van der Waals surface area (Å²) in [6, 6.07) is 0. The van der Waals surface area contributed by atoms with Gasteiger partial charge in [0.2, 0.25) is 0 Å². The van der Waals surface area contributed by atoms with Crippen molar-refractivity contribution in [3.05, 3.63) is 29.1 Å². The Morgan fingerprint density at radius 2 is 2.14 bits per heavy atom. The maximum Gasteiger partial charge on any atom is 0.0302 e. The Labute approximate surface area is 86.6 Å². The Morgan fingerprint density at radius 3 is 3.00 bits per heavy atom. The van der Waals surface area contributed by atoms with Crippen LogP contribution in [0.1, 0.15) is 49.3 Å². The van der Waals surface area contributed by atoms with Crippen molar-refractivity contribution >= 4 is 0 Å². The number of aryl methyl sites for hydroxylation is 2. The maximum absolute atomic E-state index is 4.34. The number of pyridine rings is 1. The molecule has 1 aliphatic rings. The smallest absolute Gasteiger partial charge is 0.0302 e. The maximum atomic E-state index is 4.34. The van der Waals surface area contributed by atoms with Gasteiger partial charge >= 0.3 is 0 Å². The first-order chi connectivity index (χ1) is 6.92. The molecule has 1 aromatic heterocycles. The molecule has 0 bridgehead atoms. The van der Waals surface area contributed by atoms with Gasteiger partial charge in [-0.25, -0.2) is 0 Å². The summed E-state index contributed by atoms with van der Waals surface area (Å²) in [6.45, 7) is 2.26. The van der Waals surface area contributed by atoms with Gasteiger partial charge in [-0.3, -0.25) is 4.98 Å². The van der Waals surface area contributed by atoms with Crippen LogP contribution >= 0.6 is 0 Å². The summed E-state index contributed by atoms with van der Waals surface area (Å²) in [5.41, 5.74) is 4.66. The average molecular weight is 189 g/mol. The Morgan fingerprint density at radius 1 is 1.21 bits per heavy atom. The quantitative estimate of drug-likeness (QED) is 0.662. The highest BCUT2D eigenvalue weighted by Gasteiger charge is 2.14. The molecule has 0 N–H and O–H groups in total. The lowest BCUT2D eigenvalue weighted by Crippen LogP contribution is -1.95. The van der Waals surface area contributed by atoms with Crippen molar-refractivity contribution in [2.24, 2.45) is 0 Å². The van der Waals surface area contributed by atoms with Crippen LogP contribution in [-0.4, -0.2) is 4.98 Å². The lowest BCUT2D eigenvalue weighted by Gasteiger charge is -2.06. The number of rotatable bonds is 4. The highest BCUT2D eigenvalue weighted by molar-refractivity contribution is 5.35. The van der Waals surface area contributed by atoms with Gasteiger partial charge in [0.1, 0.15) is 0 Å². The van der Waals surface area contributed by atoms with Crippen LogP contribution in [0.5, 0.6) is 0 Å². The van der Waals surface area contributed by atoms with Gasteiger partial charge < -0.3 is 0 Å². The van der Waals surface area contributed by atoms with Crippen molar-refractivity contribution in [3.8, 4) is 0 Å². The van der Waals surface area contributed by atoms with Crippen LogP contribution in [0.25, 0.3) is 0 Å². The van der Waals surface area contributed by atoms with E-state index in [1.165, 1.54) is 56.1 Å². The molecular formula is C13H19N. The molecule has 1 aromatic rings. The first-order valence-electron chi connectivity index (χ1n) is 5.86. The number of hydrogen-bond acceptors (Lipinski definition) is 1. The third-order valence-corrected chi connectivity index (χ3v) is 3.16. The molecule has 0 atom stereocenters. The number of hydrogen-bond donors (Lipinski definition) is 0. The number of unbranched alkanes of at least 4 members (excludes halogenated alkanes) is 2. The minimum Gasteiger partial charge on any atom is -0.264 e. The van der Waals surface area contributed by atoms with E-state index >= 15 is 0 Å². The van der Waals surface area contributed by atoms with Gasteiger partial charge in [0.05, 0.1) is 0 Å². The first kappa shape index (κ1) is 9.70. The highest BCUT2D eigenvalue weighted by Crippen LogP contribution is 2.25. The molecule has 0 spiro atoms. The number of aromatic nitrogens is 1. The molecule has 0 fully saturated rings. The largest absolute Gasteiger partial charge is 0.264 e. The van der Waals surface area contributed by atoms with Crippen molar-refractivity contribution in [1.82, 2.24) is 4.98 Å². The standard InChI is InChI=1S/C13H19N/c1-2-3-4-6-11-9-14-10-12-7-5-8-13(11)12/h9-10H,2-8H2,1H3. The van der Waals surface area contributed by atoms with Crippen molar-refractivity contribution in [1.29, 1.82) is 0 Å². The van der Waals surface area contributed by atoms with Crippen LogP contribution in [0, 0.1) is 0 Å². The third kappa shape index (κ3) is 1.97. The predicted octanol–water partition coefficient (Wildman–Crippen LogP) is 3.30. The van der Waals surface area contributed by atoms with E-state index in [-0.39, 0.29) is 0 Å². The zero-order valence-electron chi connectivity index (χ0n) is 9.05. The van der Waals surface area contributed by atoms with Crippen LogP contribution < -0.4 is 0 Å². The summed E-state index contributed by atoms with van der Waals surface area (Å²) in [5.74, 6) is 0. The summed E-state index contributed by atoms with van der Waals surface area (Å²) in [5, 5.41) is 0. The van der Waals surface area contributed by atoms with E-state index in [9.17, 15) is 0 Å². The highest BCUT2D eigenvalue weighted by atomic mass is 14.6. The third-order valence-electron chi connectivity index (χ3n) is 3.16. The Bertz CT molecular complexity index is 304. The Kier molecular flexibility index (Phi) is 3.18. The summed E-state index contributed by atoms with van der Waals surface area (Å²) in [4.78, 5) is 4.34. The SMILES string of the molecule is CCCCCc1cncc2c1CCC2. The van der Waals surface area contributed by atoms with Gasteiger partial charge in [-0.1, -0.05) is 19.8 Å². The zero-order valence-corrected chi connectivity index (χ0v) is 9.05. The molecule has 0 radical (unpaired) electrons. The fraction of sp³-hybridized carbons (Fsp3) is 0.615. The second-order valence-electron chi connectivity index (χ2n) is 4.25. The first-order valence-corrected chi connectivity index (χ1v) is 5.86. The van der Waals surface area contributed by atoms with Gasteiger partial charge in [0.15, 0.2) is 0 Å². The van der Waals surface area contributed by atoms with Crippen molar-refractivity contribution in [2.75, 3.05) is 0 Å². The summed E-state index contributed by atoms with van der Waals surface area (Å²) in [6.07, 6.45) is 13.3. The molecule has 2 rings (SSSR count). The second kappa shape index (κ2) is 4.59. The summed E-state index contributed by atoms with van der Waals surface area (Å²) >= 11 is 0. The lowest BCUT2D eigenvalue weighted by molar-refractivity contribution is 0.712. The minimum absolute atomic E-state index is 1.24. The van der Waals surface area contributed by atoms with Crippen molar-refractivity contribution < 1.29 is 0 Å².